The molecule has 2 aromatic carbocycles. The number of fused-ring (bicyclic) bond motifs is 2. The second-order valence-electron chi connectivity index (χ2n) is 8.08. The molecule has 9 heteroatoms. The molecule has 1 aliphatic carbocycles. The molecule has 0 atom stereocenters. The van der Waals surface area contributed by atoms with Crippen molar-refractivity contribution in [2.24, 2.45) is 0 Å². The molecular formula is C23H22N4O4S. The number of piperazine rings is 1. The van der Waals surface area contributed by atoms with E-state index in [0.29, 0.717) is 48.6 Å². The third kappa shape index (κ3) is 3.09. The highest BCUT2D eigenvalue weighted by atomic mass is 32.2. The molecule has 2 heterocycles. The van der Waals surface area contributed by atoms with Gasteiger partial charge in [-0.1, -0.05) is 36.4 Å². The fourth-order valence-electron chi connectivity index (χ4n) is 4.31. The van der Waals surface area contributed by atoms with Gasteiger partial charge in [0, 0.05) is 37.3 Å². The first-order chi connectivity index (χ1) is 15.3. The van der Waals surface area contributed by atoms with Crippen molar-refractivity contribution < 1.29 is 18.3 Å². The summed E-state index contributed by atoms with van der Waals surface area (Å²) in [7, 11) is -1.65. The number of aromatic nitrogens is 1. The molecule has 1 aromatic heterocycles. The molecule has 5 rings (SSSR count). The number of aromatic amines is 1. The van der Waals surface area contributed by atoms with Gasteiger partial charge in [-0.15, -0.1) is 0 Å². The second-order valence-corrected chi connectivity index (χ2v) is 10.0. The summed E-state index contributed by atoms with van der Waals surface area (Å²) in [4.78, 5) is 18.3. The van der Waals surface area contributed by atoms with Crippen LogP contribution < -0.4 is 0 Å². The van der Waals surface area contributed by atoms with E-state index in [1.54, 1.807) is 36.4 Å². The second kappa shape index (κ2) is 7.40. The van der Waals surface area contributed by atoms with Crippen molar-refractivity contribution in [1.29, 1.82) is 5.41 Å². The van der Waals surface area contributed by atoms with Gasteiger partial charge in [0.15, 0.2) is 11.7 Å². The van der Waals surface area contributed by atoms with Gasteiger partial charge in [-0.2, -0.15) is 4.31 Å². The molecule has 2 aliphatic rings. The van der Waals surface area contributed by atoms with E-state index in [-0.39, 0.29) is 33.4 Å². The van der Waals surface area contributed by atoms with E-state index in [1.165, 1.54) is 16.4 Å². The van der Waals surface area contributed by atoms with Gasteiger partial charge >= 0.3 is 0 Å². The lowest BCUT2D eigenvalue weighted by Gasteiger charge is -2.31. The number of hydrogen-bond donors (Lipinski definition) is 3. The van der Waals surface area contributed by atoms with Gasteiger partial charge in [-0.25, -0.2) is 8.42 Å². The van der Waals surface area contributed by atoms with E-state index in [2.05, 4.69) is 9.88 Å². The minimum absolute atomic E-state index is 0.0736. The van der Waals surface area contributed by atoms with Gasteiger partial charge in [-0.05, 0) is 24.7 Å². The molecule has 1 fully saturated rings. The lowest BCUT2D eigenvalue weighted by Crippen LogP contribution is -2.46. The SMILES string of the molecule is CN1CCN(S(=O)(=O)c2ccc(-c3[nH]c(O)c4c3C(=O)c3ccccc3C4=N)cc2)CC1. The molecule has 0 bridgehead atoms. The van der Waals surface area contributed by atoms with E-state index in [9.17, 15) is 18.3 Å². The van der Waals surface area contributed by atoms with Crippen LogP contribution in [0.4, 0.5) is 0 Å². The summed E-state index contributed by atoms with van der Waals surface area (Å²) < 4.78 is 27.5. The Morgan fingerprint density at radius 3 is 2.22 bits per heavy atom. The number of hydrogen-bond acceptors (Lipinski definition) is 6. The minimum Gasteiger partial charge on any atom is -0.494 e. The van der Waals surface area contributed by atoms with E-state index in [4.69, 9.17) is 5.41 Å². The number of rotatable bonds is 3. The molecule has 0 unspecified atom stereocenters. The van der Waals surface area contributed by atoms with Crippen molar-refractivity contribution in [3.05, 3.63) is 70.8 Å². The number of likely N-dealkylation sites (N-methyl/N-ethyl adjacent to an activating group) is 1. The number of carbonyl (C=O) groups is 1. The van der Waals surface area contributed by atoms with Crippen LogP contribution in [0, 0.1) is 5.41 Å². The van der Waals surface area contributed by atoms with Crippen LogP contribution in [0.1, 0.15) is 27.0 Å². The average Bonchev–Trinajstić information content (AvgIpc) is 3.15. The maximum atomic E-state index is 13.2. The highest BCUT2D eigenvalue weighted by molar-refractivity contribution is 7.89. The summed E-state index contributed by atoms with van der Waals surface area (Å²) in [6.45, 7) is 2.24. The van der Waals surface area contributed by atoms with Gasteiger partial charge in [0.05, 0.1) is 27.4 Å². The number of carbonyl (C=O) groups excluding carboxylic acids is 1. The van der Waals surface area contributed by atoms with Crippen molar-refractivity contribution in [3.63, 3.8) is 0 Å². The lowest BCUT2D eigenvalue weighted by atomic mass is 9.84. The van der Waals surface area contributed by atoms with Gasteiger partial charge in [0.25, 0.3) is 0 Å². The van der Waals surface area contributed by atoms with Crippen molar-refractivity contribution in [2.45, 2.75) is 4.90 Å². The summed E-state index contributed by atoms with van der Waals surface area (Å²) >= 11 is 0. The largest absolute Gasteiger partial charge is 0.494 e. The third-order valence-electron chi connectivity index (χ3n) is 6.14. The van der Waals surface area contributed by atoms with Crippen LogP contribution in [0.25, 0.3) is 11.3 Å². The first-order valence-electron chi connectivity index (χ1n) is 10.3. The van der Waals surface area contributed by atoms with Crippen molar-refractivity contribution >= 4 is 21.5 Å². The van der Waals surface area contributed by atoms with Crippen LogP contribution in [0.15, 0.2) is 53.4 Å². The molecule has 3 aromatic rings. The zero-order valence-corrected chi connectivity index (χ0v) is 18.2. The molecule has 32 heavy (non-hydrogen) atoms. The lowest BCUT2D eigenvalue weighted by molar-refractivity contribution is 0.103. The van der Waals surface area contributed by atoms with Crippen molar-refractivity contribution in [2.75, 3.05) is 33.2 Å². The van der Waals surface area contributed by atoms with Gasteiger partial charge in [-0.3, -0.25) is 10.2 Å². The highest BCUT2D eigenvalue weighted by Gasteiger charge is 2.34. The molecule has 0 saturated carbocycles. The molecular weight excluding hydrogens is 428 g/mol. The molecule has 164 valence electrons. The Hall–Kier alpha value is -3.27. The smallest absolute Gasteiger partial charge is 0.243 e. The summed E-state index contributed by atoms with van der Waals surface area (Å²) in [5.41, 5.74) is 2.26. The van der Waals surface area contributed by atoms with Crippen LogP contribution in [0.5, 0.6) is 5.88 Å². The van der Waals surface area contributed by atoms with Crippen LogP contribution in [0.2, 0.25) is 0 Å². The number of sulfonamides is 1. The number of benzene rings is 2. The Morgan fingerprint density at radius 2 is 1.56 bits per heavy atom. The van der Waals surface area contributed by atoms with E-state index < -0.39 is 10.0 Å². The first kappa shape index (κ1) is 20.6. The maximum absolute atomic E-state index is 13.2. The summed E-state index contributed by atoms with van der Waals surface area (Å²) in [6, 6.07) is 13.1. The number of nitrogens with one attached hydrogen (secondary N) is 2. The van der Waals surface area contributed by atoms with Crippen LogP contribution >= 0.6 is 0 Å². The maximum Gasteiger partial charge on any atom is 0.243 e. The van der Waals surface area contributed by atoms with Crippen LogP contribution in [-0.2, 0) is 10.0 Å². The summed E-state index contributed by atoms with van der Waals surface area (Å²) in [6.07, 6.45) is 0. The Kier molecular flexibility index (Phi) is 4.77. The Labute approximate surface area is 185 Å². The molecule has 1 saturated heterocycles. The summed E-state index contributed by atoms with van der Waals surface area (Å²) in [5, 5.41) is 19.0. The number of ketones is 1. The average molecular weight is 451 g/mol. The zero-order chi connectivity index (χ0) is 22.6. The van der Waals surface area contributed by atoms with E-state index >= 15 is 0 Å². The van der Waals surface area contributed by atoms with Crippen LogP contribution in [0.3, 0.4) is 0 Å². The Bertz CT molecular complexity index is 1350. The highest BCUT2D eigenvalue weighted by Crippen LogP contribution is 2.39. The predicted octanol–water partition coefficient (Wildman–Crippen LogP) is 2.28. The van der Waals surface area contributed by atoms with Gasteiger partial charge < -0.3 is 15.0 Å². The van der Waals surface area contributed by atoms with E-state index in [0.717, 1.165) is 0 Å². The molecule has 1 aliphatic heterocycles. The third-order valence-corrected chi connectivity index (χ3v) is 8.05. The van der Waals surface area contributed by atoms with Crippen LogP contribution in [-0.4, -0.2) is 72.4 Å². The van der Waals surface area contributed by atoms with Gasteiger partial charge in [0.1, 0.15) is 0 Å². The van der Waals surface area contributed by atoms with Crippen molar-refractivity contribution in [3.8, 4) is 17.1 Å². The standard InChI is InChI=1S/C23H22N4O4S/c1-26-10-12-27(13-11-26)32(30,31)15-8-6-14(7-9-15)21-19-18(23(29)25-21)20(24)16-4-2-3-5-17(16)22(19)28/h2-9,24-25,29H,10-13H2,1H3. The first-order valence-corrected chi connectivity index (χ1v) is 11.7. The van der Waals surface area contributed by atoms with Crippen molar-refractivity contribution in [1.82, 2.24) is 14.2 Å². The topological polar surface area (TPSA) is 118 Å². The number of aromatic hydroxyl groups is 1. The zero-order valence-electron chi connectivity index (χ0n) is 17.4. The molecule has 0 spiro atoms. The molecule has 8 nitrogen and oxygen atoms in total. The van der Waals surface area contributed by atoms with Gasteiger partial charge in [0.2, 0.25) is 10.0 Å². The number of H-pyrrole nitrogens is 1. The fourth-order valence-corrected chi connectivity index (χ4v) is 5.74. The molecule has 0 amide bonds. The quantitative estimate of drug-likeness (QED) is 0.443. The Morgan fingerprint density at radius 1 is 0.938 bits per heavy atom. The summed E-state index contributed by atoms with van der Waals surface area (Å²) in [5.74, 6) is -0.538. The molecule has 3 N–H and O–H groups in total. The predicted molar refractivity (Wildman–Crippen MR) is 120 cm³/mol. The minimum atomic E-state index is -3.61. The fraction of sp³-hybridized carbons (Fsp3) is 0.217. The Balaban J connectivity index is 1.53. The normalized spacial score (nSPS) is 17.3. The number of nitrogens with zero attached hydrogens (tertiary/aromatic N) is 2. The van der Waals surface area contributed by atoms with E-state index in [1.807, 2.05) is 7.05 Å². The molecule has 0 radical (unpaired) electrons. The monoisotopic (exact) mass is 450 g/mol.